The average molecular weight is 341 g/mol. The van der Waals surface area contributed by atoms with Crippen LogP contribution >= 0.6 is 0 Å². The van der Waals surface area contributed by atoms with Crippen LogP contribution in [0.25, 0.3) is 0 Å². The van der Waals surface area contributed by atoms with E-state index in [-0.39, 0.29) is 16.8 Å². The molecule has 0 saturated carbocycles. The van der Waals surface area contributed by atoms with E-state index >= 15 is 0 Å². The molecule has 8 heteroatoms. The number of nitrogens with zero attached hydrogens (tertiary/aromatic N) is 1. The quantitative estimate of drug-likeness (QED) is 0.726. The highest BCUT2D eigenvalue weighted by atomic mass is 32.2. The molecule has 0 bridgehead atoms. The molecule has 0 heterocycles. The van der Waals surface area contributed by atoms with Gasteiger partial charge in [-0.2, -0.15) is 0 Å². The van der Waals surface area contributed by atoms with Gasteiger partial charge in [0.2, 0.25) is 5.91 Å². The highest BCUT2D eigenvalue weighted by Gasteiger charge is 2.20. The molecule has 0 aliphatic rings. The summed E-state index contributed by atoms with van der Waals surface area (Å²) in [6.45, 7) is 2.30. The standard InChI is InChI=1S/C15H23N3O4S/c1-11(16)8-9-17-15(20)12-4-6-13(7-5-12)23(21,22)10-14(19)18(2)3/h4-7,11H,8-10,16H2,1-3H3,(H,17,20). The van der Waals surface area contributed by atoms with Crippen LogP contribution in [0.5, 0.6) is 0 Å². The zero-order valence-electron chi connectivity index (χ0n) is 13.6. The molecule has 0 aliphatic heterocycles. The van der Waals surface area contributed by atoms with E-state index in [9.17, 15) is 18.0 Å². The van der Waals surface area contributed by atoms with Crippen molar-refractivity contribution in [1.82, 2.24) is 10.2 Å². The lowest BCUT2D eigenvalue weighted by Crippen LogP contribution is -2.29. The highest BCUT2D eigenvalue weighted by molar-refractivity contribution is 7.92. The number of nitrogens with two attached hydrogens (primary N) is 1. The maximum absolute atomic E-state index is 12.1. The number of carbonyl (C=O) groups is 2. The van der Waals surface area contributed by atoms with E-state index in [2.05, 4.69) is 5.32 Å². The Balaban J connectivity index is 2.76. The maximum atomic E-state index is 12.1. The molecular formula is C15H23N3O4S. The number of nitrogens with one attached hydrogen (secondary N) is 1. The van der Waals surface area contributed by atoms with E-state index < -0.39 is 21.5 Å². The summed E-state index contributed by atoms with van der Waals surface area (Å²) in [5.74, 6) is -1.39. The predicted molar refractivity (Wildman–Crippen MR) is 87.8 cm³/mol. The van der Waals surface area contributed by atoms with Crippen molar-refractivity contribution in [3.63, 3.8) is 0 Å². The van der Waals surface area contributed by atoms with Crippen molar-refractivity contribution in [2.45, 2.75) is 24.3 Å². The summed E-state index contributed by atoms with van der Waals surface area (Å²) in [4.78, 5) is 24.7. The zero-order chi connectivity index (χ0) is 17.6. The molecular weight excluding hydrogens is 318 g/mol. The van der Waals surface area contributed by atoms with E-state index in [1.165, 1.54) is 43.3 Å². The molecule has 0 fully saturated rings. The highest BCUT2D eigenvalue weighted by Crippen LogP contribution is 2.13. The van der Waals surface area contributed by atoms with Crippen molar-refractivity contribution in [3.05, 3.63) is 29.8 Å². The first-order valence-electron chi connectivity index (χ1n) is 7.20. The van der Waals surface area contributed by atoms with E-state index in [1.807, 2.05) is 6.92 Å². The number of carbonyl (C=O) groups excluding carboxylic acids is 2. The number of hydrogen-bond donors (Lipinski definition) is 2. The van der Waals surface area contributed by atoms with Gasteiger partial charge in [-0.15, -0.1) is 0 Å². The molecule has 7 nitrogen and oxygen atoms in total. The molecule has 1 unspecified atom stereocenters. The van der Waals surface area contributed by atoms with Gasteiger partial charge in [-0.3, -0.25) is 9.59 Å². The Bertz CT molecular complexity index is 652. The van der Waals surface area contributed by atoms with Crippen LogP contribution in [0, 0.1) is 0 Å². The van der Waals surface area contributed by atoms with E-state index in [0.29, 0.717) is 18.5 Å². The summed E-state index contributed by atoms with van der Waals surface area (Å²) in [5.41, 5.74) is 5.95. The molecule has 0 saturated heterocycles. The number of rotatable bonds is 7. The summed E-state index contributed by atoms with van der Waals surface area (Å²) in [5, 5.41) is 2.71. The fourth-order valence-electron chi connectivity index (χ4n) is 1.70. The number of benzene rings is 1. The molecule has 0 aromatic heterocycles. The van der Waals surface area contributed by atoms with Crippen LogP contribution in [-0.4, -0.2) is 57.6 Å². The molecule has 0 radical (unpaired) electrons. The molecule has 2 amide bonds. The zero-order valence-corrected chi connectivity index (χ0v) is 14.4. The van der Waals surface area contributed by atoms with Gasteiger partial charge < -0.3 is 16.0 Å². The van der Waals surface area contributed by atoms with Gasteiger partial charge in [0.25, 0.3) is 5.91 Å². The van der Waals surface area contributed by atoms with Crippen LogP contribution < -0.4 is 11.1 Å². The fourth-order valence-corrected chi connectivity index (χ4v) is 3.00. The van der Waals surface area contributed by atoms with Gasteiger partial charge >= 0.3 is 0 Å². The van der Waals surface area contributed by atoms with Crippen molar-refractivity contribution in [3.8, 4) is 0 Å². The molecule has 128 valence electrons. The average Bonchev–Trinajstić information content (AvgIpc) is 2.46. The largest absolute Gasteiger partial charge is 0.352 e. The van der Waals surface area contributed by atoms with Crippen molar-refractivity contribution >= 4 is 21.7 Å². The first kappa shape index (κ1) is 19.1. The molecule has 3 N–H and O–H groups in total. The Hall–Kier alpha value is -1.93. The van der Waals surface area contributed by atoms with Crippen LogP contribution in [0.2, 0.25) is 0 Å². The third-order valence-corrected chi connectivity index (χ3v) is 4.79. The van der Waals surface area contributed by atoms with Gasteiger partial charge in [0.1, 0.15) is 5.75 Å². The Kier molecular flexibility index (Phi) is 6.71. The summed E-state index contributed by atoms with van der Waals surface area (Å²) >= 11 is 0. The fraction of sp³-hybridized carbons (Fsp3) is 0.467. The summed E-state index contributed by atoms with van der Waals surface area (Å²) in [6.07, 6.45) is 0.658. The number of hydrogen-bond acceptors (Lipinski definition) is 5. The lowest BCUT2D eigenvalue weighted by Gasteiger charge is -2.11. The first-order valence-corrected chi connectivity index (χ1v) is 8.85. The maximum Gasteiger partial charge on any atom is 0.251 e. The molecule has 1 aromatic rings. The van der Waals surface area contributed by atoms with Gasteiger partial charge in [-0.1, -0.05) is 0 Å². The second-order valence-corrected chi connectivity index (χ2v) is 7.58. The van der Waals surface area contributed by atoms with Crippen molar-refractivity contribution in [2.75, 3.05) is 26.4 Å². The molecule has 1 atom stereocenters. The third-order valence-electron chi connectivity index (χ3n) is 3.17. The van der Waals surface area contributed by atoms with E-state index in [4.69, 9.17) is 5.73 Å². The second kappa shape index (κ2) is 8.07. The number of amides is 2. The smallest absolute Gasteiger partial charge is 0.251 e. The van der Waals surface area contributed by atoms with E-state index in [0.717, 1.165) is 0 Å². The predicted octanol–water partition coefficient (Wildman–Crippen LogP) is 0.0156. The minimum Gasteiger partial charge on any atom is -0.352 e. The van der Waals surface area contributed by atoms with Crippen molar-refractivity contribution in [1.29, 1.82) is 0 Å². The van der Waals surface area contributed by atoms with Gasteiger partial charge in [0.15, 0.2) is 9.84 Å². The molecule has 1 aromatic carbocycles. The van der Waals surface area contributed by atoms with Crippen LogP contribution in [0.4, 0.5) is 0 Å². The molecule has 0 aliphatic carbocycles. The summed E-state index contributed by atoms with van der Waals surface area (Å²) < 4.78 is 24.2. The SMILES string of the molecule is CC(N)CCNC(=O)c1ccc(S(=O)(=O)CC(=O)N(C)C)cc1. The molecule has 23 heavy (non-hydrogen) atoms. The lowest BCUT2D eigenvalue weighted by molar-refractivity contribution is -0.125. The van der Waals surface area contributed by atoms with E-state index in [1.54, 1.807) is 0 Å². The Labute approximate surface area is 136 Å². The number of sulfone groups is 1. The summed E-state index contributed by atoms with van der Waals surface area (Å²) in [7, 11) is -0.728. The Morgan fingerprint density at radius 3 is 2.26 bits per heavy atom. The van der Waals surface area contributed by atoms with Crippen LogP contribution in [0.3, 0.4) is 0 Å². The van der Waals surface area contributed by atoms with Crippen LogP contribution in [-0.2, 0) is 14.6 Å². The lowest BCUT2D eigenvalue weighted by atomic mass is 10.2. The third kappa shape index (κ3) is 5.99. The first-order chi connectivity index (χ1) is 10.6. The Morgan fingerprint density at radius 1 is 1.22 bits per heavy atom. The van der Waals surface area contributed by atoms with Crippen LogP contribution in [0.15, 0.2) is 29.2 Å². The minimum absolute atomic E-state index is 0.00273. The van der Waals surface area contributed by atoms with Gasteiger partial charge in [-0.05, 0) is 37.6 Å². The summed E-state index contributed by atoms with van der Waals surface area (Å²) in [6, 6.07) is 5.51. The van der Waals surface area contributed by atoms with Gasteiger partial charge in [0, 0.05) is 32.2 Å². The van der Waals surface area contributed by atoms with Gasteiger partial charge in [-0.25, -0.2) is 8.42 Å². The topological polar surface area (TPSA) is 110 Å². The molecule has 0 spiro atoms. The monoisotopic (exact) mass is 341 g/mol. The Morgan fingerprint density at radius 2 is 1.78 bits per heavy atom. The van der Waals surface area contributed by atoms with Crippen molar-refractivity contribution in [2.24, 2.45) is 5.73 Å². The minimum atomic E-state index is -3.71. The van der Waals surface area contributed by atoms with Crippen molar-refractivity contribution < 1.29 is 18.0 Å². The second-order valence-electron chi connectivity index (χ2n) is 5.59. The molecule has 1 rings (SSSR count). The van der Waals surface area contributed by atoms with Crippen LogP contribution in [0.1, 0.15) is 23.7 Å². The van der Waals surface area contributed by atoms with Gasteiger partial charge in [0.05, 0.1) is 4.90 Å². The normalized spacial score (nSPS) is 12.5.